The molecule has 0 unspecified atom stereocenters. The molecule has 2 heterocycles. The maximum atomic E-state index is 12.5. The molecule has 27 heavy (non-hydrogen) atoms. The number of halogens is 1. The van der Waals surface area contributed by atoms with E-state index in [-0.39, 0.29) is 11.8 Å². The van der Waals surface area contributed by atoms with Gasteiger partial charge in [-0.15, -0.1) is 0 Å². The second kappa shape index (κ2) is 7.79. The van der Waals surface area contributed by atoms with E-state index in [1.54, 1.807) is 24.3 Å². The zero-order valence-corrected chi connectivity index (χ0v) is 16.6. The number of hydrogen-bond acceptors (Lipinski definition) is 3. The van der Waals surface area contributed by atoms with Crippen molar-refractivity contribution >= 4 is 27.7 Å². The van der Waals surface area contributed by atoms with Crippen LogP contribution in [0.3, 0.4) is 0 Å². The van der Waals surface area contributed by atoms with Crippen molar-refractivity contribution in [2.75, 3.05) is 19.6 Å². The number of carbonyl (C=O) groups is 2. The Morgan fingerprint density at radius 2 is 1.41 bits per heavy atom. The summed E-state index contributed by atoms with van der Waals surface area (Å²) >= 11 is 3.65. The van der Waals surface area contributed by atoms with E-state index in [9.17, 15) is 9.59 Å². The van der Waals surface area contributed by atoms with Crippen molar-refractivity contribution in [3.8, 4) is 0 Å². The maximum absolute atomic E-state index is 12.5. The van der Waals surface area contributed by atoms with Crippen molar-refractivity contribution in [2.24, 2.45) is 0 Å². The molecule has 1 saturated heterocycles. The molecule has 0 radical (unpaired) electrons. The smallest absolute Gasteiger partial charge is 0.261 e. The van der Waals surface area contributed by atoms with Crippen molar-refractivity contribution in [1.29, 1.82) is 0 Å². The number of carbonyl (C=O) groups excluding carboxylic acids is 2. The van der Waals surface area contributed by atoms with E-state index >= 15 is 0 Å². The third-order valence-corrected chi connectivity index (χ3v) is 6.08. The van der Waals surface area contributed by atoms with Crippen LogP contribution in [0.1, 0.15) is 39.1 Å². The zero-order valence-electron chi connectivity index (χ0n) is 15.0. The van der Waals surface area contributed by atoms with Gasteiger partial charge in [0.05, 0.1) is 17.7 Å². The topological polar surface area (TPSA) is 40.6 Å². The molecule has 0 aromatic heterocycles. The van der Waals surface area contributed by atoms with Crippen LogP contribution in [0.5, 0.6) is 0 Å². The van der Waals surface area contributed by atoms with Crippen molar-refractivity contribution in [1.82, 2.24) is 9.80 Å². The summed E-state index contributed by atoms with van der Waals surface area (Å²) in [5.41, 5.74) is 3.64. The summed E-state index contributed by atoms with van der Waals surface area (Å²) in [7, 11) is 0. The summed E-state index contributed by atoms with van der Waals surface area (Å²) < 4.78 is 0.969. The van der Waals surface area contributed by atoms with Crippen molar-refractivity contribution < 1.29 is 9.59 Å². The average molecular weight is 425 g/mol. The Morgan fingerprint density at radius 3 is 2.00 bits per heavy atom. The van der Waals surface area contributed by atoms with Crippen LogP contribution >= 0.6 is 15.9 Å². The first-order chi connectivity index (χ1) is 13.1. The molecule has 0 aliphatic carbocycles. The van der Waals surface area contributed by atoms with E-state index in [1.165, 1.54) is 16.0 Å². The maximum Gasteiger partial charge on any atom is 0.261 e. The van der Waals surface area contributed by atoms with Crippen molar-refractivity contribution in [3.63, 3.8) is 0 Å². The lowest BCUT2D eigenvalue weighted by Gasteiger charge is -2.29. The van der Waals surface area contributed by atoms with E-state index in [0.29, 0.717) is 17.7 Å². The first kappa shape index (κ1) is 18.1. The minimum absolute atomic E-state index is 0.199. The van der Waals surface area contributed by atoms with Gasteiger partial charge in [-0.2, -0.15) is 0 Å². The molecule has 138 valence electrons. The number of rotatable bonds is 4. The van der Waals surface area contributed by atoms with Gasteiger partial charge in [0.25, 0.3) is 11.8 Å². The second-order valence-electron chi connectivity index (χ2n) is 7.01. The minimum atomic E-state index is -0.199. The van der Waals surface area contributed by atoms with Gasteiger partial charge in [-0.05, 0) is 30.5 Å². The van der Waals surface area contributed by atoms with Gasteiger partial charge in [0.15, 0.2) is 0 Å². The van der Waals surface area contributed by atoms with Crippen LogP contribution in [-0.2, 0) is 6.54 Å². The highest BCUT2D eigenvalue weighted by Crippen LogP contribution is 2.29. The molecule has 0 N–H and O–H groups in total. The second-order valence-corrected chi connectivity index (χ2v) is 7.97. The molecule has 2 amide bonds. The van der Waals surface area contributed by atoms with E-state index in [1.807, 2.05) is 6.07 Å². The van der Waals surface area contributed by atoms with Crippen LogP contribution < -0.4 is 0 Å². The SMILES string of the molecule is O=C1c2ccccc2C(=O)N1CC(Br)=C1CCN(Cc2ccccc2)CC1. The van der Waals surface area contributed by atoms with Crippen LogP contribution in [0.25, 0.3) is 0 Å². The monoisotopic (exact) mass is 424 g/mol. The van der Waals surface area contributed by atoms with Crippen LogP contribution in [0, 0.1) is 0 Å². The quantitative estimate of drug-likeness (QED) is 0.689. The Morgan fingerprint density at radius 1 is 0.852 bits per heavy atom. The molecule has 2 aromatic rings. The van der Waals surface area contributed by atoms with Gasteiger partial charge in [-0.1, -0.05) is 64.0 Å². The van der Waals surface area contributed by atoms with Crippen LogP contribution in [0.4, 0.5) is 0 Å². The van der Waals surface area contributed by atoms with Crippen molar-refractivity contribution in [3.05, 3.63) is 81.3 Å². The Balaban J connectivity index is 1.39. The number of piperidine rings is 1. The van der Waals surface area contributed by atoms with Crippen molar-refractivity contribution in [2.45, 2.75) is 19.4 Å². The largest absolute Gasteiger partial charge is 0.298 e. The van der Waals surface area contributed by atoms with Gasteiger partial charge in [-0.3, -0.25) is 19.4 Å². The molecule has 1 fully saturated rings. The van der Waals surface area contributed by atoms with Crippen LogP contribution in [-0.4, -0.2) is 41.2 Å². The molecule has 0 atom stereocenters. The molecule has 0 bridgehead atoms. The van der Waals surface area contributed by atoms with E-state index in [4.69, 9.17) is 0 Å². The average Bonchev–Trinajstić information content (AvgIpc) is 2.94. The normalized spacial score (nSPS) is 17.4. The number of amides is 2. The summed E-state index contributed by atoms with van der Waals surface area (Å²) in [5, 5.41) is 0. The lowest BCUT2D eigenvalue weighted by Crippen LogP contribution is -2.33. The Hall–Kier alpha value is -2.24. The summed E-state index contributed by atoms with van der Waals surface area (Å²) in [6, 6.07) is 17.5. The van der Waals surface area contributed by atoms with Gasteiger partial charge in [0.2, 0.25) is 0 Å². The highest BCUT2D eigenvalue weighted by atomic mass is 79.9. The number of benzene rings is 2. The summed E-state index contributed by atoms with van der Waals surface area (Å²) in [5.74, 6) is -0.399. The third kappa shape index (κ3) is 3.75. The molecular formula is C22H21BrN2O2. The molecular weight excluding hydrogens is 404 g/mol. The van der Waals surface area contributed by atoms with Crippen LogP contribution in [0.15, 0.2) is 64.7 Å². The molecule has 4 rings (SSSR count). The number of hydrogen-bond donors (Lipinski definition) is 0. The van der Waals surface area contributed by atoms with Gasteiger partial charge in [0.1, 0.15) is 0 Å². The molecule has 4 nitrogen and oxygen atoms in total. The predicted molar refractivity (Wildman–Crippen MR) is 109 cm³/mol. The molecule has 2 aliphatic heterocycles. The highest BCUT2D eigenvalue weighted by molar-refractivity contribution is 9.11. The first-order valence-corrected chi connectivity index (χ1v) is 10.0. The summed E-state index contributed by atoms with van der Waals surface area (Å²) in [4.78, 5) is 28.9. The Bertz CT molecular complexity index is 863. The molecule has 2 aliphatic rings. The Labute approximate surface area is 167 Å². The fourth-order valence-corrected chi connectivity index (χ4v) is 4.37. The number of nitrogens with zero attached hydrogens (tertiary/aromatic N) is 2. The third-order valence-electron chi connectivity index (χ3n) is 5.27. The lowest BCUT2D eigenvalue weighted by atomic mass is 10.0. The van der Waals surface area contributed by atoms with E-state index in [0.717, 1.165) is 37.0 Å². The fraction of sp³-hybridized carbons (Fsp3) is 0.273. The lowest BCUT2D eigenvalue weighted by molar-refractivity contribution is 0.0670. The van der Waals surface area contributed by atoms with Gasteiger partial charge < -0.3 is 0 Å². The number of fused-ring (bicyclic) bond motifs is 1. The fourth-order valence-electron chi connectivity index (χ4n) is 3.73. The van der Waals surface area contributed by atoms with Gasteiger partial charge in [-0.25, -0.2) is 0 Å². The zero-order chi connectivity index (χ0) is 18.8. The minimum Gasteiger partial charge on any atom is -0.298 e. The predicted octanol–water partition coefficient (Wildman–Crippen LogP) is 4.23. The summed E-state index contributed by atoms with van der Waals surface area (Å²) in [6.45, 7) is 3.26. The van der Waals surface area contributed by atoms with E-state index < -0.39 is 0 Å². The summed E-state index contributed by atoms with van der Waals surface area (Å²) in [6.07, 6.45) is 1.91. The molecule has 0 spiro atoms. The van der Waals surface area contributed by atoms with Crippen LogP contribution in [0.2, 0.25) is 0 Å². The standard InChI is InChI=1S/C22H21BrN2O2/c23-20(15-25-21(26)18-8-4-5-9-19(18)22(25)27)17-10-12-24(13-11-17)14-16-6-2-1-3-7-16/h1-9H,10-15H2. The molecule has 0 saturated carbocycles. The Kier molecular flexibility index (Phi) is 5.23. The van der Waals surface area contributed by atoms with Gasteiger partial charge in [0, 0.05) is 24.1 Å². The van der Waals surface area contributed by atoms with Gasteiger partial charge >= 0.3 is 0 Å². The number of likely N-dealkylation sites (tertiary alicyclic amines) is 1. The molecule has 5 heteroatoms. The molecule has 2 aromatic carbocycles. The van der Waals surface area contributed by atoms with E-state index in [2.05, 4.69) is 45.1 Å². The number of imide groups is 1. The first-order valence-electron chi connectivity index (χ1n) is 9.21. The highest BCUT2D eigenvalue weighted by Gasteiger charge is 2.35.